The number of amides is 1. The van der Waals surface area contributed by atoms with E-state index in [2.05, 4.69) is 37.1 Å². The van der Waals surface area contributed by atoms with Gasteiger partial charge in [0.1, 0.15) is 0 Å². The number of carbonyl (C=O) groups excluding carboxylic acids is 1. The van der Waals surface area contributed by atoms with E-state index in [0.29, 0.717) is 19.0 Å². The molecule has 0 bridgehead atoms. The SMILES string of the molecule is CCN(CC(=O)NCC(C)C)Cc1ccccc1CN. The lowest BCUT2D eigenvalue weighted by atomic mass is 10.1. The average Bonchev–Trinajstić information content (AvgIpc) is 2.44. The lowest BCUT2D eigenvalue weighted by molar-refractivity contribution is -0.122. The first kappa shape index (κ1) is 16.7. The van der Waals surface area contributed by atoms with Gasteiger partial charge in [0.25, 0.3) is 0 Å². The predicted molar refractivity (Wildman–Crippen MR) is 83.1 cm³/mol. The fourth-order valence-corrected chi connectivity index (χ4v) is 2.01. The normalized spacial score (nSPS) is 11.1. The molecular formula is C16H27N3O. The summed E-state index contributed by atoms with van der Waals surface area (Å²) in [6.07, 6.45) is 0. The number of nitrogens with zero attached hydrogens (tertiary/aromatic N) is 1. The molecule has 0 radical (unpaired) electrons. The second-order valence-corrected chi connectivity index (χ2v) is 5.47. The standard InChI is InChI=1S/C16H27N3O/c1-4-19(12-16(20)18-10-13(2)3)11-15-8-6-5-7-14(15)9-17/h5-8,13H,4,9-12,17H2,1-3H3,(H,18,20). The van der Waals surface area contributed by atoms with Crippen LogP contribution in [0.1, 0.15) is 31.9 Å². The number of carbonyl (C=O) groups is 1. The first-order valence-electron chi connectivity index (χ1n) is 7.32. The zero-order chi connectivity index (χ0) is 15.0. The number of hydrogen-bond acceptors (Lipinski definition) is 3. The average molecular weight is 277 g/mol. The summed E-state index contributed by atoms with van der Waals surface area (Å²) in [5.41, 5.74) is 8.10. The maximum absolute atomic E-state index is 11.9. The van der Waals surface area contributed by atoms with Crippen LogP contribution in [0.5, 0.6) is 0 Å². The first-order valence-corrected chi connectivity index (χ1v) is 7.32. The van der Waals surface area contributed by atoms with Crippen LogP contribution < -0.4 is 11.1 Å². The van der Waals surface area contributed by atoms with Gasteiger partial charge in [-0.05, 0) is 23.6 Å². The Bertz CT molecular complexity index is 418. The van der Waals surface area contributed by atoms with Gasteiger partial charge in [0.05, 0.1) is 6.54 Å². The molecule has 1 aromatic rings. The Balaban J connectivity index is 2.56. The molecule has 0 aromatic heterocycles. The van der Waals surface area contributed by atoms with E-state index < -0.39 is 0 Å². The summed E-state index contributed by atoms with van der Waals surface area (Å²) in [5, 5.41) is 2.96. The molecule has 0 spiro atoms. The Labute approximate surface area is 122 Å². The van der Waals surface area contributed by atoms with Gasteiger partial charge in [-0.1, -0.05) is 45.0 Å². The number of hydrogen-bond donors (Lipinski definition) is 2. The summed E-state index contributed by atoms with van der Waals surface area (Å²) < 4.78 is 0. The molecule has 112 valence electrons. The Kier molecular flexibility index (Phi) is 7.26. The largest absolute Gasteiger partial charge is 0.355 e. The maximum atomic E-state index is 11.9. The first-order chi connectivity index (χ1) is 9.56. The Morgan fingerprint density at radius 1 is 1.30 bits per heavy atom. The third kappa shape index (κ3) is 5.72. The van der Waals surface area contributed by atoms with Gasteiger partial charge in [-0.25, -0.2) is 0 Å². The van der Waals surface area contributed by atoms with E-state index in [1.807, 2.05) is 18.2 Å². The second-order valence-electron chi connectivity index (χ2n) is 5.47. The summed E-state index contributed by atoms with van der Waals surface area (Å²) in [7, 11) is 0. The molecule has 1 amide bonds. The summed E-state index contributed by atoms with van der Waals surface area (Å²) in [6.45, 7) is 9.56. The molecule has 0 fully saturated rings. The minimum absolute atomic E-state index is 0.0887. The highest BCUT2D eigenvalue weighted by atomic mass is 16.2. The summed E-state index contributed by atoms with van der Waals surface area (Å²) in [5.74, 6) is 0.567. The van der Waals surface area contributed by atoms with Gasteiger partial charge < -0.3 is 11.1 Å². The molecule has 4 nitrogen and oxygen atoms in total. The molecule has 0 saturated heterocycles. The van der Waals surface area contributed by atoms with Gasteiger partial charge in [-0.3, -0.25) is 9.69 Å². The molecule has 0 atom stereocenters. The molecule has 0 saturated carbocycles. The van der Waals surface area contributed by atoms with E-state index >= 15 is 0 Å². The third-order valence-electron chi connectivity index (χ3n) is 3.25. The lowest BCUT2D eigenvalue weighted by Crippen LogP contribution is -2.38. The van der Waals surface area contributed by atoms with Crippen LogP contribution in [0.3, 0.4) is 0 Å². The van der Waals surface area contributed by atoms with Crippen molar-refractivity contribution >= 4 is 5.91 Å². The van der Waals surface area contributed by atoms with Gasteiger partial charge >= 0.3 is 0 Å². The minimum atomic E-state index is 0.0887. The van der Waals surface area contributed by atoms with Gasteiger partial charge in [0.15, 0.2) is 0 Å². The maximum Gasteiger partial charge on any atom is 0.234 e. The van der Waals surface area contributed by atoms with E-state index in [1.165, 1.54) is 5.56 Å². The molecule has 0 heterocycles. The van der Waals surface area contributed by atoms with Gasteiger partial charge in [0.2, 0.25) is 5.91 Å². The summed E-state index contributed by atoms with van der Waals surface area (Å²) >= 11 is 0. The van der Waals surface area contributed by atoms with Crippen molar-refractivity contribution < 1.29 is 4.79 Å². The van der Waals surface area contributed by atoms with Crippen LogP contribution in [0.15, 0.2) is 24.3 Å². The molecule has 1 rings (SSSR count). The van der Waals surface area contributed by atoms with Crippen LogP contribution in [-0.2, 0) is 17.9 Å². The summed E-state index contributed by atoms with van der Waals surface area (Å²) in [4.78, 5) is 14.0. The number of rotatable bonds is 8. The quantitative estimate of drug-likeness (QED) is 0.761. The molecule has 0 aliphatic carbocycles. The number of likely N-dealkylation sites (N-methyl/N-ethyl adjacent to an activating group) is 1. The fourth-order valence-electron chi connectivity index (χ4n) is 2.01. The molecule has 0 unspecified atom stereocenters. The second kappa shape index (κ2) is 8.72. The minimum Gasteiger partial charge on any atom is -0.355 e. The number of benzene rings is 1. The van der Waals surface area contributed by atoms with Gasteiger partial charge in [0, 0.05) is 19.6 Å². The zero-order valence-electron chi connectivity index (χ0n) is 12.9. The van der Waals surface area contributed by atoms with E-state index in [-0.39, 0.29) is 5.91 Å². The van der Waals surface area contributed by atoms with Crippen molar-refractivity contribution in [2.75, 3.05) is 19.6 Å². The predicted octanol–water partition coefficient (Wildman–Crippen LogP) is 1.74. The molecule has 20 heavy (non-hydrogen) atoms. The van der Waals surface area contributed by atoms with Crippen molar-refractivity contribution in [3.8, 4) is 0 Å². The van der Waals surface area contributed by atoms with Crippen LogP contribution in [0.2, 0.25) is 0 Å². The van der Waals surface area contributed by atoms with Gasteiger partial charge in [-0.15, -0.1) is 0 Å². The van der Waals surface area contributed by atoms with E-state index in [9.17, 15) is 4.79 Å². The van der Waals surface area contributed by atoms with Crippen molar-refractivity contribution in [2.45, 2.75) is 33.9 Å². The summed E-state index contributed by atoms with van der Waals surface area (Å²) in [6, 6.07) is 8.14. The Morgan fingerprint density at radius 3 is 2.50 bits per heavy atom. The van der Waals surface area contributed by atoms with Crippen LogP contribution in [-0.4, -0.2) is 30.4 Å². The number of nitrogens with two attached hydrogens (primary N) is 1. The van der Waals surface area contributed by atoms with Crippen molar-refractivity contribution in [1.29, 1.82) is 0 Å². The molecule has 0 aliphatic rings. The lowest BCUT2D eigenvalue weighted by Gasteiger charge is -2.21. The topological polar surface area (TPSA) is 58.4 Å². The molecule has 1 aromatic carbocycles. The molecular weight excluding hydrogens is 250 g/mol. The highest BCUT2D eigenvalue weighted by molar-refractivity contribution is 5.78. The highest BCUT2D eigenvalue weighted by Crippen LogP contribution is 2.11. The van der Waals surface area contributed by atoms with Gasteiger partial charge in [-0.2, -0.15) is 0 Å². The van der Waals surface area contributed by atoms with Crippen LogP contribution in [0.25, 0.3) is 0 Å². The van der Waals surface area contributed by atoms with E-state index in [4.69, 9.17) is 5.73 Å². The van der Waals surface area contributed by atoms with Crippen molar-refractivity contribution in [3.63, 3.8) is 0 Å². The van der Waals surface area contributed by atoms with Crippen LogP contribution >= 0.6 is 0 Å². The molecule has 0 aliphatic heterocycles. The Hall–Kier alpha value is -1.39. The molecule has 3 N–H and O–H groups in total. The highest BCUT2D eigenvalue weighted by Gasteiger charge is 2.11. The third-order valence-corrected chi connectivity index (χ3v) is 3.25. The number of nitrogens with one attached hydrogen (secondary N) is 1. The van der Waals surface area contributed by atoms with E-state index in [0.717, 1.165) is 25.2 Å². The van der Waals surface area contributed by atoms with Crippen molar-refractivity contribution in [2.24, 2.45) is 11.7 Å². The monoisotopic (exact) mass is 277 g/mol. The van der Waals surface area contributed by atoms with Crippen molar-refractivity contribution in [3.05, 3.63) is 35.4 Å². The fraction of sp³-hybridized carbons (Fsp3) is 0.562. The van der Waals surface area contributed by atoms with Crippen LogP contribution in [0, 0.1) is 5.92 Å². The smallest absolute Gasteiger partial charge is 0.234 e. The Morgan fingerprint density at radius 2 is 1.95 bits per heavy atom. The zero-order valence-corrected chi connectivity index (χ0v) is 12.9. The van der Waals surface area contributed by atoms with Crippen LogP contribution in [0.4, 0.5) is 0 Å². The van der Waals surface area contributed by atoms with Crippen molar-refractivity contribution in [1.82, 2.24) is 10.2 Å². The van der Waals surface area contributed by atoms with E-state index in [1.54, 1.807) is 0 Å². The molecule has 4 heteroatoms.